The first kappa shape index (κ1) is 16.3. The molecule has 0 fully saturated rings. The minimum absolute atomic E-state index is 0.176. The van der Waals surface area contributed by atoms with Crippen molar-refractivity contribution in [1.29, 1.82) is 0 Å². The van der Waals surface area contributed by atoms with Gasteiger partial charge in [0, 0.05) is 19.2 Å². The standard InChI is InChI=1S/C16H18N2O2.C2H6/c1-19-8-9-20-15-4-2-12(3-5-15)14-10-13-6-7-17-16(13)18-11-14;1-2/h2-7,10-11,13,16-17H,8-9H2,1H3;1-2H3. The van der Waals surface area contributed by atoms with Crippen LogP contribution in [-0.4, -0.2) is 32.7 Å². The quantitative estimate of drug-likeness (QED) is 0.849. The maximum atomic E-state index is 5.56. The fraction of sp³-hybridized carbons (Fsp3) is 0.389. The van der Waals surface area contributed by atoms with Crippen molar-refractivity contribution in [3.63, 3.8) is 0 Å². The molecule has 1 aromatic carbocycles. The van der Waals surface area contributed by atoms with E-state index in [1.807, 2.05) is 38.4 Å². The minimum Gasteiger partial charge on any atom is -0.491 e. The molecule has 0 saturated carbocycles. The summed E-state index contributed by atoms with van der Waals surface area (Å²) in [6.07, 6.45) is 8.47. The van der Waals surface area contributed by atoms with Gasteiger partial charge in [-0.25, -0.2) is 0 Å². The Morgan fingerprint density at radius 1 is 1.14 bits per heavy atom. The molecule has 0 amide bonds. The highest BCUT2D eigenvalue weighted by Crippen LogP contribution is 2.26. The van der Waals surface area contributed by atoms with Crippen molar-refractivity contribution < 1.29 is 9.47 Å². The largest absolute Gasteiger partial charge is 0.491 e. The van der Waals surface area contributed by atoms with Gasteiger partial charge in [0.05, 0.1) is 6.61 Å². The summed E-state index contributed by atoms with van der Waals surface area (Å²) in [5.74, 6) is 1.21. The molecule has 2 heterocycles. The normalized spacial score (nSPS) is 21.3. The van der Waals surface area contributed by atoms with Crippen LogP contribution < -0.4 is 10.1 Å². The van der Waals surface area contributed by atoms with Crippen molar-refractivity contribution in [3.8, 4) is 5.75 Å². The van der Waals surface area contributed by atoms with Crippen molar-refractivity contribution in [2.75, 3.05) is 20.3 Å². The molecule has 2 unspecified atom stereocenters. The Balaban J connectivity index is 0.000000847. The monoisotopic (exact) mass is 300 g/mol. The van der Waals surface area contributed by atoms with E-state index < -0.39 is 0 Å². The molecule has 0 bridgehead atoms. The lowest BCUT2D eigenvalue weighted by Gasteiger charge is -2.18. The summed E-state index contributed by atoms with van der Waals surface area (Å²) in [5.41, 5.74) is 2.31. The summed E-state index contributed by atoms with van der Waals surface area (Å²) < 4.78 is 10.5. The van der Waals surface area contributed by atoms with Gasteiger partial charge in [-0.15, -0.1) is 0 Å². The number of methoxy groups -OCH3 is 1. The molecule has 2 aliphatic heterocycles. The van der Waals surface area contributed by atoms with E-state index in [1.165, 1.54) is 0 Å². The molecule has 0 aromatic heterocycles. The van der Waals surface area contributed by atoms with Crippen molar-refractivity contribution in [3.05, 3.63) is 48.2 Å². The van der Waals surface area contributed by atoms with E-state index in [9.17, 15) is 0 Å². The maximum absolute atomic E-state index is 5.56. The Kier molecular flexibility index (Phi) is 6.22. The predicted molar refractivity (Wildman–Crippen MR) is 91.2 cm³/mol. The van der Waals surface area contributed by atoms with Crippen LogP contribution in [0.25, 0.3) is 5.57 Å². The number of dihydropyridines is 1. The summed E-state index contributed by atoms with van der Waals surface area (Å²) in [5, 5.41) is 3.21. The second-order valence-corrected chi connectivity index (χ2v) is 4.81. The van der Waals surface area contributed by atoms with Gasteiger partial charge >= 0.3 is 0 Å². The molecular weight excluding hydrogens is 276 g/mol. The van der Waals surface area contributed by atoms with E-state index in [2.05, 4.69) is 34.6 Å². The van der Waals surface area contributed by atoms with Crippen LogP contribution in [0.15, 0.2) is 47.6 Å². The van der Waals surface area contributed by atoms with Crippen LogP contribution in [0.4, 0.5) is 0 Å². The van der Waals surface area contributed by atoms with E-state index in [-0.39, 0.29) is 6.17 Å². The number of rotatable bonds is 5. The number of hydrogen-bond acceptors (Lipinski definition) is 4. The Morgan fingerprint density at radius 3 is 2.64 bits per heavy atom. The number of aliphatic imine (C=N–C) groups is 1. The van der Waals surface area contributed by atoms with Crippen molar-refractivity contribution in [1.82, 2.24) is 5.32 Å². The van der Waals surface area contributed by atoms with Crippen LogP contribution in [0.5, 0.6) is 5.75 Å². The van der Waals surface area contributed by atoms with Crippen LogP contribution in [0.3, 0.4) is 0 Å². The summed E-state index contributed by atoms with van der Waals surface area (Å²) in [7, 11) is 1.67. The molecule has 2 atom stereocenters. The Morgan fingerprint density at radius 2 is 1.91 bits per heavy atom. The smallest absolute Gasteiger partial charge is 0.128 e. The number of hydrogen-bond donors (Lipinski definition) is 1. The summed E-state index contributed by atoms with van der Waals surface area (Å²) in [4.78, 5) is 4.52. The van der Waals surface area contributed by atoms with Gasteiger partial charge in [0.25, 0.3) is 0 Å². The highest BCUT2D eigenvalue weighted by atomic mass is 16.5. The lowest BCUT2D eigenvalue weighted by Crippen LogP contribution is -2.25. The zero-order valence-corrected chi connectivity index (χ0v) is 13.5. The van der Waals surface area contributed by atoms with Gasteiger partial charge in [-0.1, -0.05) is 38.1 Å². The fourth-order valence-electron chi connectivity index (χ4n) is 2.34. The van der Waals surface area contributed by atoms with Crippen molar-refractivity contribution >= 4 is 11.8 Å². The molecule has 0 aliphatic carbocycles. The van der Waals surface area contributed by atoms with E-state index in [1.54, 1.807) is 7.11 Å². The molecule has 2 aliphatic rings. The third-order valence-electron chi connectivity index (χ3n) is 3.44. The number of ether oxygens (including phenoxy) is 2. The topological polar surface area (TPSA) is 42.9 Å². The first-order valence-electron chi connectivity index (χ1n) is 7.77. The van der Waals surface area contributed by atoms with Gasteiger partial charge in [0.15, 0.2) is 0 Å². The summed E-state index contributed by atoms with van der Waals surface area (Å²) in [6.45, 7) is 5.17. The molecule has 22 heavy (non-hydrogen) atoms. The van der Waals surface area contributed by atoms with E-state index >= 15 is 0 Å². The van der Waals surface area contributed by atoms with Crippen molar-refractivity contribution in [2.45, 2.75) is 20.0 Å². The first-order valence-corrected chi connectivity index (χ1v) is 7.77. The number of fused-ring (bicyclic) bond motifs is 1. The lowest BCUT2D eigenvalue weighted by atomic mass is 9.97. The van der Waals surface area contributed by atoms with Gasteiger partial charge < -0.3 is 14.8 Å². The zero-order valence-electron chi connectivity index (χ0n) is 13.5. The molecule has 1 N–H and O–H groups in total. The minimum atomic E-state index is 0.176. The average Bonchev–Trinajstić information content (AvgIpc) is 3.05. The molecule has 4 heteroatoms. The number of benzene rings is 1. The molecule has 0 radical (unpaired) electrons. The van der Waals surface area contributed by atoms with E-state index in [0.29, 0.717) is 19.1 Å². The SMILES string of the molecule is CC.COCCOc1ccc(C2=CC3C=CNC3N=C2)cc1. The van der Waals surface area contributed by atoms with Gasteiger partial charge in [0.2, 0.25) is 0 Å². The summed E-state index contributed by atoms with van der Waals surface area (Å²) in [6, 6.07) is 8.09. The van der Waals surface area contributed by atoms with Gasteiger partial charge in [-0.2, -0.15) is 0 Å². The average molecular weight is 300 g/mol. The third kappa shape index (κ3) is 3.98. The van der Waals surface area contributed by atoms with Gasteiger partial charge in [-0.05, 0) is 29.5 Å². The lowest BCUT2D eigenvalue weighted by molar-refractivity contribution is 0.146. The molecule has 0 spiro atoms. The second kappa shape index (κ2) is 8.39. The van der Waals surface area contributed by atoms with Crippen LogP contribution >= 0.6 is 0 Å². The number of nitrogens with zero attached hydrogens (tertiary/aromatic N) is 1. The maximum Gasteiger partial charge on any atom is 0.128 e. The highest BCUT2D eigenvalue weighted by molar-refractivity contribution is 6.10. The Labute approximate surface area is 132 Å². The molecule has 3 rings (SSSR count). The van der Waals surface area contributed by atoms with E-state index in [4.69, 9.17) is 9.47 Å². The molecule has 118 valence electrons. The van der Waals surface area contributed by atoms with Crippen LogP contribution in [0.1, 0.15) is 19.4 Å². The predicted octanol–water partition coefficient (Wildman–Crippen LogP) is 3.27. The van der Waals surface area contributed by atoms with Crippen LogP contribution in [-0.2, 0) is 4.74 Å². The summed E-state index contributed by atoms with van der Waals surface area (Å²) >= 11 is 0. The first-order chi connectivity index (χ1) is 10.9. The van der Waals surface area contributed by atoms with Gasteiger partial charge in [-0.3, -0.25) is 4.99 Å². The van der Waals surface area contributed by atoms with Crippen LogP contribution in [0.2, 0.25) is 0 Å². The number of allylic oxidation sites excluding steroid dienone is 1. The molecule has 4 nitrogen and oxygen atoms in total. The van der Waals surface area contributed by atoms with Crippen molar-refractivity contribution in [2.24, 2.45) is 10.9 Å². The second-order valence-electron chi connectivity index (χ2n) is 4.81. The Bertz CT molecular complexity index is 547. The van der Waals surface area contributed by atoms with Crippen LogP contribution in [0, 0.1) is 5.92 Å². The fourth-order valence-corrected chi connectivity index (χ4v) is 2.34. The number of nitrogens with one attached hydrogen (secondary N) is 1. The molecular formula is C18H24N2O2. The zero-order chi connectivity index (χ0) is 15.8. The van der Waals surface area contributed by atoms with E-state index in [0.717, 1.165) is 16.9 Å². The molecule has 1 aromatic rings. The Hall–Kier alpha value is -2.07. The van der Waals surface area contributed by atoms with Gasteiger partial charge in [0.1, 0.15) is 18.5 Å². The third-order valence-corrected chi connectivity index (χ3v) is 3.44. The molecule has 0 saturated heterocycles. The highest BCUT2D eigenvalue weighted by Gasteiger charge is 2.22.